The Kier molecular flexibility index (Phi) is 4.56. The first kappa shape index (κ1) is 14.3. The molecule has 0 aliphatic heterocycles. The number of hydrogen-bond donors (Lipinski definition) is 1. The highest BCUT2D eigenvalue weighted by Gasteiger charge is 2.15. The molecule has 4 nitrogen and oxygen atoms in total. The smallest absolute Gasteiger partial charge is 0.254 e. The number of amides is 1. The molecule has 0 unspecified atom stereocenters. The number of rotatable bonds is 5. The van der Waals surface area contributed by atoms with Crippen molar-refractivity contribution in [1.82, 2.24) is 9.88 Å². The Labute approximate surface area is 119 Å². The van der Waals surface area contributed by atoms with Crippen LogP contribution in [0, 0.1) is 0 Å². The molecule has 1 amide bonds. The molecule has 0 spiro atoms. The van der Waals surface area contributed by atoms with Gasteiger partial charge in [-0.05, 0) is 25.5 Å². The number of carbonyl (C=O) groups excluding carboxylic acids is 1. The van der Waals surface area contributed by atoms with E-state index in [0.717, 1.165) is 29.7 Å². The molecule has 106 valence electrons. The van der Waals surface area contributed by atoms with Gasteiger partial charge in [0.25, 0.3) is 5.91 Å². The number of aromatic nitrogens is 1. The molecule has 2 rings (SSSR count). The first-order valence-corrected chi connectivity index (χ1v) is 7.06. The minimum absolute atomic E-state index is 0.0330. The van der Waals surface area contributed by atoms with Gasteiger partial charge < -0.3 is 10.2 Å². The summed E-state index contributed by atoms with van der Waals surface area (Å²) < 4.78 is 0. The van der Waals surface area contributed by atoms with Crippen molar-refractivity contribution in [3.8, 4) is 0 Å². The molecular formula is C16H21N3O. The fourth-order valence-corrected chi connectivity index (χ4v) is 2.05. The van der Waals surface area contributed by atoms with E-state index in [9.17, 15) is 4.79 Å². The zero-order chi connectivity index (χ0) is 14.5. The highest BCUT2D eigenvalue weighted by Crippen LogP contribution is 2.22. The summed E-state index contributed by atoms with van der Waals surface area (Å²) >= 11 is 0. The number of benzene rings is 1. The van der Waals surface area contributed by atoms with Gasteiger partial charge in [0.1, 0.15) is 5.82 Å². The molecule has 0 saturated carbocycles. The molecule has 4 heteroatoms. The summed E-state index contributed by atoms with van der Waals surface area (Å²) in [5.74, 6) is 0.795. The average molecular weight is 271 g/mol. The van der Waals surface area contributed by atoms with E-state index in [1.165, 1.54) is 0 Å². The van der Waals surface area contributed by atoms with Gasteiger partial charge >= 0.3 is 0 Å². The molecule has 2 aromatic rings. The molecule has 0 fully saturated rings. The SMILES string of the molecule is CCCNc1cc(C(=O)N(C)CC)c2ccccc2n1. The highest BCUT2D eigenvalue weighted by molar-refractivity contribution is 6.06. The van der Waals surface area contributed by atoms with Crippen LogP contribution in [0.2, 0.25) is 0 Å². The molecule has 0 saturated heterocycles. The Balaban J connectivity index is 2.51. The van der Waals surface area contributed by atoms with Crippen molar-refractivity contribution in [3.63, 3.8) is 0 Å². The molecule has 0 aliphatic carbocycles. The van der Waals surface area contributed by atoms with E-state index in [-0.39, 0.29) is 5.91 Å². The Morgan fingerprint density at radius 3 is 2.75 bits per heavy atom. The van der Waals surface area contributed by atoms with Crippen molar-refractivity contribution >= 4 is 22.6 Å². The molecule has 0 bridgehead atoms. The number of anilines is 1. The highest BCUT2D eigenvalue weighted by atomic mass is 16.2. The van der Waals surface area contributed by atoms with Gasteiger partial charge in [-0.2, -0.15) is 0 Å². The van der Waals surface area contributed by atoms with E-state index in [4.69, 9.17) is 0 Å². The van der Waals surface area contributed by atoms with Crippen LogP contribution in [0.5, 0.6) is 0 Å². The minimum Gasteiger partial charge on any atom is -0.370 e. The molecule has 1 heterocycles. The van der Waals surface area contributed by atoms with Crippen LogP contribution in [0.25, 0.3) is 10.9 Å². The van der Waals surface area contributed by atoms with Crippen LogP contribution in [0.3, 0.4) is 0 Å². The number of para-hydroxylation sites is 1. The lowest BCUT2D eigenvalue weighted by Gasteiger charge is -2.17. The van der Waals surface area contributed by atoms with Gasteiger partial charge in [0.2, 0.25) is 0 Å². The first-order chi connectivity index (χ1) is 9.67. The number of hydrogen-bond acceptors (Lipinski definition) is 3. The summed E-state index contributed by atoms with van der Waals surface area (Å²) in [6.45, 7) is 5.61. The van der Waals surface area contributed by atoms with Crippen molar-refractivity contribution in [2.24, 2.45) is 0 Å². The van der Waals surface area contributed by atoms with Crippen LogP contribution in [-0.2, 0) is 0 Å². The van der Waals surface area contributed by atoms with E-state index in [1.807, 2.05) is 44.3 Å². The average Bonchev–Trinajstić information content (AvgIpc) is 2.50. The molecule has 0 aliphatic rings. The van der Waals surface area contributed by atoms with Crippen molar-refractivity contribution < 1.29 is 4.79 Å². The third kappa shape index (κ3) is 2.90. The van der Waals surface area contributed by atoms with E-state index < -0.39 is 0 Å². The largest absolute Gasteiger partial charge is 0.370 e. The first-order valence-electron chi connectivity index (χ1n) is 7.06. The van der Waals surface area contributed by atoms with E-state index in [2.05, 4.69) is 17.2 Å². The van der Waals surface area contributed by atoms with Crippen molar-refractivity contribution in [2.45, 2.75) is 20.3 Å². The van der Waals surface area contributed by atoms with Gasteiger partial charge in [-0.15, -0.1) is 0 Å². The number of carbonyl (C=O) groups is 1. The summed E-state index contributed by atoms with van der Waals surface area (Å²) in [6.07, 6.45) is 1.02. The van der Waals surface area contributed by atoms with Crippen LogP contribution >= 0.6 is 0 Å². The Hall–Kier alpha value is -2.10. The summed E-state index contributed by atoms with van der Waals surface area (Å²) in [5, 5.41) is 4.16. The maximum atomic E-state index is 12.5. The van der Waals surface area contributed by atoms with Crippen LogP contribution < -0.4 is 5.32 Å². The number of pyridine rings is 1. The summed E-state index contributed by atoms with van der Waals surface area (Å²) in [7, 11) is 1.82. The number of fused-ring (bicyclic) bond motifs is 1. The zero-order valence-electron chi connectivity index (χ0n) is 12.3. The van der Waals surface area contributed by atoms with E-state index >= 15 is 0 Å². The van der Waals surface area contributed by atoms with Crippen molar-refractivity contribution in [2.75, 3.05) is 25.5 Å². The summed E-state index contributed by atoms with van der Waals surface area (Å²) in [5.41, 5.74) is 1.56. The van der Waals surface area contributed by atoms with E-state index in [1.54, 1.807) is 4.90 Å². The van der Waals surface area contributed by atoms with Gasteiger partial charge in [-0.1, -0.05) is 25.1 Å². The van der Waals surface area contributed by atoms with Gasteiger partial charge in [0, 0.05) is 25.5 Å². The number of nitrogens with one attached hydrogen (secondary N) is 1. The predicted molar refractivity (Wildman–Crippen MR) is 83.2 cm³/mol. The number of nitrogens with zero attached hydrogens (tertiary/aromatic N) is 2. The Bertz CT molecular complexity index is 610. The second kappa shape index (κ2) is 6.37. The molecule has 1 aromatic carbocycles. The van der Waals surface area contributed by atoms with Gasteiger partial charge in [0.15, 0.2) is 0 Å². The zero-order valence-corrected chi connectivity index (χ0v) is 12.3. The van der Waals surface area contributed by atoms with Crippen molar-refractivity contribution in [1.29, 1.82) is 0 Å². The minimum atomic E-state index is 0.0330. The van der Waals surface area contributed by atoms with Crippen LogP contribution in [0.15, 0.2) is 30.3 Å². The Morgan fingerprint density at radius 2 is 2.05 bits per heavy atom. The fourth-order valence-electron chi connectivity index (χ4n) is 2.05. The van der Waals surface area contributed by atoms with Crippen LogP contribution in [-0.4, -0.2) is 35.9 Å². The van der Waals surface area contributed by atoms with Crippen molar-refractivity contribution in [3.05, 3.63) is 35.9 Å². The monoisotopic (exact) mass is 271 g/mol. The second-order valence-corrected chi connectivity index (χ2v) is 4.82. The quantitative estimate of drug-likeness (QED) is 0.908. The molecule has 0 atom stereocenters. The van der Waals surface area contributed by atoms with E-state index in [0.29, 0.717) is 12.1 Å². The predicted octanol–water partition coefficient (Wildman–Crippen LogP) is 3.15. The third-order valence-corrected chi connectivity index (χ3v) is 3.32. The topological polar surface area (TPSA) is 45.2 Å². The Morgan fingerprint density at radius 1 is 1.30 bits per heavy atom. The lowest BCUT2D eigenvalue weighted by molar-refractivity contribution is 0.0804. The van der Waals surface area contributed by atoms with Gasteiger partial charge in [-0.25, -0.2) is 4.98 Å². The lowest BCUT2D eigenvalue weighted by atomic mass is 10.1. The molecule has 1 N–H and O–H groups in total. The van der Waals surface area contributed by atoms with Crippen LogP contribution in [0.4, 0.5) is 5.82 Å². The maximum absolute atomic E-state index is 12.5. The molecule has 0 radical (unpaired) electrons. The van der Waals surface area contributed by atoms with Gasteiger partial charge in [-0.3, -0.25) is 4.79 Å². The third-order valence-electron chi connectivity index (χ3n) is 3.32. The van der Waals surface area contributed by atoms with Crippen LogP contribution in [0.1, 0.15) is 30.6 Å². The standard InChI is InChI=1S/C16H21N3O/c1-4-10-17-15-11-13(16(20)19(3)5-2)12-8-6-7-9-14(12)18-15/h6-9,11H,4-5,10H2,1-3H3,(H,17,18). The summed E-state index contributed by atoms with van der Waals surface area (Å²) in [4.78, 5) is 18.8. The molecule has 1 aromatic heterocycles. The summed E-state index contributed by atoms with van der Waals surface area (Å²) in [6, 6.07) is 9.62. The normalized spacial score (nSPS) is 10.6. The maximum Gasteiger partial charge on any atom is 0.254 e. The fraction of sp³-hybridized carbons (Fsp3) is 0.375. The lowest BCUT2D eigenvalue weighted by Crippen LogP contribution is -2.26. The molecule has 20 heavy (non-hydrogen) atoms. The van der Waals surface area contributed by atoms with Gasteiger partial charge in [0.05, 0.1) is 11.1 Å². The molecular weight excluding hydrogens is 250 g/mol. The second-order valence-electron chi connectivity index (χ2n) is 4.82.